The molecule has 1 rings (SSSR count). The van der Waals surface area contributed by atoms with Crippen molar-refractivity contribution in [2.75, 3.05) is 7.05 Å². The second kappa shape index (κ2) is 7.63. The third-order valence-electron chi connectivity index (χ3n) is 0.963. The molecular formula is C9H15NS. The molecule has 0 aromatic heterocycles. The predicted octanol–water partition coefficient (Wildman–Crippen LogP) is 2.94. The molecule has 2 heteroatoms. The molecule has 0 amide bonds. The van der Waals surface area contributed by atoms with E-state index in [-0.39, 0.29) is 0 Å². The summed E-state index contributed by atoms with van der Waals surface area (Å²) in [5, 5.41) is 0. The Morgan fingerprint density at radius 2 is 1.64 bits per heavy atom. The second-order valence-corrected chi connectivity index (χ2v) is 2.70. The third kappa shape index (κ3) is 4.87. The average Bonchev–Trinajstić information content (AvgIpc) is 2.11. The Bertz CT molecular complexity index is 162. The fraction of sp³-hybridized carbons (Fsp3) is 0.333. The van der Waals surface area contributed by atoms with Gasteiger partial charge in [0, 0.05) is 4.90 Å². The zero-order chi connectivity index (χ0) is 8.53. The quantitative estimate of drug-likeness (QED) is 0.683. The first-order valence-corrected chi connectivity index (χ1v) is 4.64. The van der Waals surface area contributed by atoms with Crippen LogP contribution in [0.5, 0.6) is 0 Å². The largest absolute Gasteiger partial charge is 0.263 e. The molecule has 0 spiro atoms. The number of nitrogens with one attached hydrogen (secondary N) is 1. The molecule has 0 saturated heterocycles. The highest BCUT2D eigenvalue weighted by atomic mass is 32.2. The molecule has 0 saturated carbocycles. The third-order valence-corrected chi connectivity index (χ3v) is 1.68. The van der Waals surface area contributed by atoms with Crippen molar-refractivity contribution in [1.82, 2.24) is 4.72 Å². The molecule has 0 bridgehead atoms. The molecule has 62 valence electrons. The summed E-state index contributed by atoms with van der Waals surface area (Å²) in [6, 6.07) is 10.2. The van der Waals surface area contributed by atoms with Crippen LogP contribution in [0, 0.1) is 0 Å². The molecular weight excluding hydrogens is 154 g/mol. The van der Waals surface area contributed by atoms with E-state index in [4.69, 9.17) is 0 Å². The van der Waals surface area contributed by atoms with Crippen LogP contribution >= 0.6 is 11.9 Å². The molecule has 1 aromatic carbocycles. The standard InChI is InChI=1S/C7H9NS.C2H6/c1-8-9-7-5-3-2-4-6-7;1-2/h2-6,8H,1H3;1-2H3. The summed E-state index contributed by atoms with van der Waals surface area (Å²) in [6.45, 7) is 4.00. The summed E-state index contributed by atoms with van der Waals surface area (Å²) in [7, 11) is 1.91. The predicted molar refractivity (Wildman–Crippen MR) is 52.7 cm³/mol. The summed E-state index contributed by atoms with van der Waals surface area (Å²) in [6.07, 6.45) is 0. The Hall–Kier alpha value is -0.470. The van der Waals surface area contributed by atoms with Crippen molar-refractivity contribution < 1.29 is 0 Å². The second-order valence-electron chi connectivity index (χ2n) is 1.62. The smallest absolute Gasteiger partial charge is 0.0227 e. The fourth-order valence-corrected chi connectivity index (χ4v) is 1.14. The maximum Gasteiger partial charge on any atom is 0.0227 e. The van der Waals surface area contributed by atoms with Crippen molar-refractivity contribution in [3.05, 3.63) is 30.3 Å². The van der Waals surface area contributed by atoms with Crippen molar-refractivity contribution in [3.8, 4) is 0 Å². The Morgan fingerprint density at radius 3 is 2.09 bits per heavy atom. The normalized spacial score (nSPS) is 8.27. The fourth-order valence-electron chi connectivity index (χ4n) is 0.606. The summed E-state index contributed by atoms with van der Waals surface area (Å²) in [4.78, 5) is 1.25. The Morgan fingerprint density at radius 1 is 1.09 bits per heavy atom. The molecule has 0 aliphatic rings. The molecule has 1 nitrogen and oxygen atoms in total. The van der Waals surface area contributed by atoms with Crippen molar-refractivity contribution in [2.24, 2.45) is 0 Å². The molecule has 1 N–H and O–H groups in total. The molecule has 11 heavy (non-hydrogen) atoms. The van der Waals surface area contributed by atoms with Crippen LogP contribution in [-0.4, -0.2) is 7.05 Å². The van der Waals surface area contributed by atoms with Crippen molar-refractivity contribution in [1.29, 1.82) is 0 Å². The Labute approximate surface area is 73.3 Å². The van der Waals surface area contributed by atoms with E-state index in [9.17, 15) is 0 Å². The lowest BCUT2D eigenvalue weighted by Crippen LogP contribution is -1.89. The van der Waals surface area contributed by atoms with E-state index in [0.29, 0.717) is 0 Å². The van der Waals surface area contributed by atoms with Gasteiger partial charge in [-0.25, -0.2) is 0 Å². The van der Waals surface area contributed by atoms with Gasteiger partial charge in [0.1, 0.15) is 0 Å². The molecule has 0 fully saturated rings. The monoisotopic (exact) mass is 169 g/mol. The lowest BCUT2D eigenvalue weighted by Gasteiger charge is -1.94. The Kier molecular flexibility index (Phi) is 7.31. The van der Waals surface area contributed by atoms with Crippen molar-refractivity contribution >= 4 is 11.9 Å². The van der Waals surface area contributed by atoms with Crippen molar-refractivity contribution in [3.63, 3.8) is 0 Å². The molecule has 0 unspecified atom stereocenters. The average molecular weight is 169 g/mol. The van der Waals surface area contributed by atoms with Gasteiger partial charge in [0.15, 0.2) is 0 Å². The van der Waals surface area contributed by atoms with Crippen LogP contribution in [0.3, 0.4) is 0 Å². The van der Waals surface area contributed by atoms with Gasteiger partial charge in [-0.1, -0.05) is 32.0 Å². The molecule has 0 aliphatic heterocycles. The van der Waals surface area contributed by atoms with Gasteiger partial charge in [-0.15, -0.1) is 0 Å². The first-order chi connectivity index (χ1) is 5.43. The van der Waals surface area contributed by atoms with Gasteiger partial charge >= 0.3 is 0 Å². The highest BCUT2D eigenvalue weighted by Crippen LogP contribution is 2.11. The van der Waals surface area contributed by atoms with Gasteiger partial charge in [-0.2, -0.15) is 0 Å². The minimum atomic E-state index is 1.25. The van der Waals surface area contributed by atoms with Crippen molar-refractivity contribution in [2.45, 2.75) is 18.7 Å². The maximum atomic E-state index is 3.00. The SMILES string of the molecule is CC.CNSc1ccccc1. The molecule has 0 aliphatic carbocycles. The van der Waals surface area contributed by atoms with E-state index in [1.54, 1.807) is 11.9 Å². The van der Waals surface area contributed by atoms with Crippen LogP contribution in [0.2, 0.25) is 0 Å². The molecule has 0 atom stereocenters. The van der Waals surface area contributed by atoms with E-state index in [1.807, 2.05) is 39.1 Å². The first kappa shape index (κ1) is 10.5. The maximum absolute atomic E-state index is 3.00. The van der Waals surface area contributed by atoms with Crippen LogP contribution < -0.4 is 4.72 Å². The van der Waals surface area contributed by atoms with Gasteiger partial charge in [0.2, 0.25) is 0 Å². The topological polar surface area (TPSA) is 12.0 Å². The van der Waals surface area contributed by atoms with Crippen LogP contribution in [0.1, 0.15) is 13.8 Å². The minimum absolute atomic E-state index is 1.25. The number of hydrogen-bond acceptors (Lipinski definition) is 2. The highest BCUT2D eigenvalue weighted by molar-refractivity contribution is 7.97. The Balaban J connectivity index is 0.000000461. The molecule has 0 heterocycles. The zero-order valence-electron chi connectivity index (χ0n) is 7.29. The summed E-state index contributed by atoms with van der Waals surface area (Å²) < 4.78 is 3.00. The lowest BCUT2D eigenvalue weighted by atomic mass is 10.4. The summed E-state index contributed by atoms with van der Waals surface area (Å²) in [5.74, 6) is 0. The van der Waals surface area contributed by atoms with E-state index in [1.165, 1.54) is 4.90 Å². The molecule has 1 aromatic rings. The zero-order valence-corrected chi connectivity index (χ0v) is 8.11. The lowest BCUT2D eigenvalue weighted by molar-refractivity contribution is 1.28. The van der Waals surface area contributed by atoms with Crippen LogP contribution in [0.4, 0.5) is 0 Å². The highest BCUT2D eigenvalue weighted by Gasteiger charge is 1.84. The van der Waals surface area contributed by atoms with Gasteiger partial charge in [-0.05, 0) is 31.1 Å². The van der Waals surface area contributed by atoms with Gasteiger partial charge in [0.25, 0.3) is 0 Å². The number of rotatable bonds is 2. The van der Waals surface area contributed by atoms with E-state index < -0.39 is 0 Å². The van der Waals surface area contributed by atoms with Gasteiger partial charge in [-0.3, -0.25) is 4.72 Å². The number of hydrogen-bond donors (Lipinski definition) is 1. The van der Waals surface area contributed by atoms with Gasteiger partial charge in [0.05, 0.1) is 0 Å². The number of benzene rings is 1. The summed E-state index contributed by atoms with van der Waals surface area (Å²) >= 11 is 1.63. The van der Waals surface area contributed by atoms with Gasteiger partial charge < -0.3 is 0 Å². The minimum Gasteiger partial charge on any atom is -0.263 e. The summed E-state index contributed by atoms with van der Waals surface area (Å²) in [5.41, 5.74) is 0. The van der Waals surface area contributed by atoms with Crippen LogP contribution in [-0.2, 0) is 0 Å². The van der Waals surface area contributed by atoms with Crippen LogP contribution in [0.25, 0.3) is 0 Å². The van der Waals surface area contributed by atoms with E-state index >= 15 is 0 Å². The van der Waals surface area contributed by atoms with E-state index in [2.05, 4.69) is 16.9 Å². The first-order valence-electron chi connectivity index (χ1n) is 3.82. The molecule has 0 radical (unpaired) electrons. The van der Waals surface area contributed by atoms with Crippen LogP contribution in [0.15, 0.2) is 35.2 Å². The van der Waals surface area contributed by atoms with E-state index in [0.717, 1.165) is 0 Å².